The third-order valence-corrected chi connectivity index (χ3v) is 5.44. The number of carbonyl (C=O) groups excluding carboxylic acids is 1. The van der Waals surface area contributed by atoms with Crippen molar-refractivity contribution in [3.8, 4) is 0 Å². The van der Waals surface area contributed by atoms with E-state index in [0.717, 1.165) is 4.90 Å². The molecule has 1 aliphatic rings. The first-order chi connectivity index (χ1) is 14.4. The van der Waals surface area contributed by atoms with Gasteiger partial charge in [-0.3, -0.25) is 4.79 Å². The molecule has 8 nitrogen and oxygen atoms in total. The van der Waals surface area contributed by atoms with Gasteiger partial charge in [-0.1, -0.05) is 12.1 Å². The number of hydrogen-bond donors (Lipinski definition) is 1. The van der Waals surface area contributed by atoms with Crippen molar-refractivity contribution in [2.24, 2.45) is 0 Å². The van der Waals surface area contributed by atoms with Gasteiger partial charge in [0.05, 0.1) is 43.5 Å². The van der Waals surface area contributed by atoms with E-state index < -0.39 is 0 Å². The summed E-state index contributed by atoms with van der Waals surface area (Å²) in [4.78, 5) is 15.5. The molecule has 1 fully saturated rings. The molecule has 0 unspecified atom stereocenters. The highest BCUT2D eigenvalue weighted by Crippen LogP contribution is 2.24. The first-order valence-corrected chi connectivity index (χ1v) is 10.1. The van der Waals surface area contributed by atoms with E-state index in [2.05, 4.69) is 15.5 Å². The zero-order valence-corrected chi connectivity index (χ0v) is 17.4. The monoisotopic (exact) mass is 413 g/mol. The highest BCUT2D eigenvalue weighted by Gasteiger charge is 2.38. The van der Waals surface area contributed by atoms with Crippen LogP contribution in [-0.2, 0) is 5.54 Å². The predicted octanol–water partition coefficient (Wildman–Crippen LogP) is 1.29. The lowest BCUT2D eigenvalue weighted by atomic mass is 10.0. The lowest BCUT2D eigenvalue weighted by Crippen LogP contribution is -3.15. The lowest BCUT2D eigenvalue weighted by Gasteiger charge is -2.36. The molecule has 2 aromatic heterocycles. The van der Waals surface area contributed by atoms with Crippen molar-refractivity contribution in [3.05, 3.63) is 65.6 Å². The zero-order chi connectivity index (χ0) is 21.3. The van der Waals surface area contributed by atoms with Gasteiger partial charge in [0.1, 0.15) is 5.82 Å². The second-order valence-electron chi connectivity index (χ2n) is 8.50. The summed E-state index contributed by atoms with van der Waals surface area (Å²) in [6.45, 7) is 8.40. The van der Waals surface area contributed by atoms with Gasteiger partial charge in [0, 0.05) is 0 Å². The average Bonchev–Trinajstić information content (AvgIpc) is 3.42. The Morgan fingerprint density at radius 3 is 2.53 bits per heavy atom. The standard InChI is InChI=1S/C21H25FN6O2/c1-21(2,3)28-19(23-24-25-28)18(15-7-4-5-8-16(15)22)26-10-12-27(13-11-26)20(29)17-9-6-14-30-17/h4-9,14,18H,10-13H2,1-3H3/p+1/t18-/m1/s1. The van der Waals surface area contributed by atoms with Gasteiger partial charge < -0.3 is 14.2 Å². The van der Waals surface area contributed by atoms with Gasteiger partial charge in [-0.15, -0.1) is 5.10 Å². The first kappa shape index (κ1) is 20.2. The second kappa shape index (κ2) is 7.98. The topological polar surface area (TPSA) is 81.5 Å². The maximum Gasteiger partial charge on any atom is 0.289 e. The van der Waals surface area contributed by atoms with E-state index >= 15 is 0 Å². The number of hydrogen-bond acceptors (Lipinski definition) is 5. The maximum atomic E-state index is 14.8. The van der Waals surface area contributed by atoms with Crippen molar-refractivity contribution in [1.82, 2.24) is 25.1 Å². The van der Waals surface area contributed by atoms with E-state index in [9.17, 15) is 9.18 Å². The number of nitrogens with one attached hydrogen (secondary N) is 1. The summed E-state index contributed by atoms with van der Waals surface area (Å²) in [5.74, 6) is 0.544. The van der Waals surface area contributed by atoms with E-state index in [-0.39, 0.29) is 23.3 Å². The van der Waals surface area contributed by atoms with Gasteiger partial charge >= 0.3 is 0 Å². The molecule has 9 heteroatoms. The molecule has 3 heterocycles. The molecule has 4 rings (SSSR count). The van der Waals surface area contributed by atoms with E-state index in [1.807, 2.05) is 26.8 Å². The van der Waals surface area contributed by atoms with Crippen LogP contribution in [0.1, 0.15) is 48.8 Å². The van der Waals surface area contributed by atoms with Crippen LogP contribution in [0.5, 0.6) is 0 Å². The van der Waals surface area contributed by atoms with Gasteiger partial charge in [0.15, 0.2) is 11.8 Å². The molecule has 1 aromatic carbocycles. The Bertz CT molecular complexity index is 1000. The quantitative estimate of drug-likeness (QED) is 0.697. The van der Waals surface area contributed by atoms with Crippen LogP contribution in [-0.4, -0.2) is 57.2 Å². The lowest BCUT2D eigenvalue weighted by molar-refractivity contribution is -0.930. The molecule has 0 saturated carbocycles. The highest BCUT2D eigenvalue weighted by molar-refractivity contribution is 5.91. The normalized spacial score (nSPS) is 16.6. The van der Waals surface area contributed by atoms with Crippen molar-refractivity contribution in [2.45, 2.75) is 32.4 Å². The van der Waals surface area contributed by atoms with E-state index in [1.165, 1.54) is 12.3 Å². The summed E-state index contributed by atoms with van der Waals surface area (Å²) >= 11 is 0. The number of halogens is 1. The molecule has 1 saturated heterocycles. The Morgan fingerprint density at radius 2 is 1.90 bits per heavy atom. The molecule has 0 aliphatic carbocycles. The zero-order valence-electron chi connectivity index (χ0n) is 17.4. The second-order valence-corrected chi connectivity index (χ2v) is 8.50. The molecule has 1 atom stereocenters. The molecular weight excluding hydrogens is 387 g/mol. The van der Waals surface area contributed by atoms with Crippen LogP contribution in [0.15, 0.2) is 47.1 Å². The Labute approximate surface area is 174 Å². The number of nitrogens with zero attached hydrogens (tertiary/aromatic N) is 5. The maximum absolute atomic E-state index is 14.8. The van der Waals surface area contributed by atoms with E-state index in [4.69, 9.17) is 4.42 Å². The number of tetrazole rings is 1. The van der Waals surface area contributed by atoms with Crippen molar-refractivity contribution in [3.63, 3.8) is 0 Å². The number of aromatic nitrogens is 4. The number of rotatable bonds is 4. The van der Waals surface area contributed by atoms with Crippen LogP contribution < -0.4 is 4.90 Å². The average molecular weight is 413 g/mol. The van der Waals surface area contributed by atoms with Crippen LogP contribution in [0.3, 0.4) is 0 Å². The minimum Gasteiger partial charge on any atom is -0.459 e. The van der Waals surface area contributed by atoms with Crippen LogP contribution in [0.2, 0.25) is 0 Å². The summed E-state index contributed by atoms with van der Waals surface area (Å²) in [5.41, 5.74) is 0.206. The largest absolute Gasteiger partial charge is 0.459 e. The molecule has 1 amide bonds. The van der Waals surface area contributed by atoms with Gasteiger partial charge in [0.2, 0.25) is 5.82 Å². The first-order valence-electron chi connectivity index (χ1n) is 10.1. The molecule has 3 aromatic rings. The summed E-state index contributed by atoms with van der Waals surface area (Å²) < 4.78 is 21.8. The fourth-order valence-electron chi connectivity index (χ4n) is 3.94. The molecule has 0 radical (unpaired) electrons. The molecule has 158 valence electrons. The van der Waals surface area contributed by atoms with Gasteiger partial charge in [-0.2, -0.15) is 0 Å². The van der Waals surface area contributed by atoms with Crippen LogP contribution in [0, 0.1) is 5.82 Å². The molecule has 0 spiro atoms. The Hall–Kier alpha value is -3.07. The number of amides is 1. The SMILES string of the molecule is CC(C)(C)n1nnnc1[C@@H](c1ccccc1F)[NH+]1CCN(C(=O)c2ccco2)CC1. The number of carbonyl (C=O) groups is 1. The van der Waals surface area contributed by atoms with Crippen molar-refractivity contribution >= 4 is 5.91 Å². The highest BCUT2D eigenvalue weighted by atomic mass is 19.1. The van der Waals surface area contributed by atoms with Gasteiger partial charge in [-0.25, -0.2) is 9.07 Å². The van der Waals surface area contributed by atoms with Crippen molar-refractivity contribution in [2.75, 3.05) is 26.2 Å². The number of furan rings is 1. The molecular formula is C21H26FN6O2+. The Kier molecular flexibility index (Phi) is 5.38. The summed E-state index contributed by atoms with van der Waals surface area (Å²) in [6, 6.07) is 9.75. The number of quaternary nitrogens is 1. The fraction of sp³-hybridized carbons (Fsp3) is 0.429. The minimum atomic E-state index is -0.374. The molecule has 1 N–H and O–H groups in total. The summed E-state index contributed by atoms with van der Waals surface area (Å²) in [5, 5.41) is 12.4. The van der Waals surface area contributed by atoms with E-state index in [0.29, 0.717) is 43.3 Å². The Morgan fingerprint density at radius 1 is 1.17 bits per heavy atom. The number of piperazine rings is 1. The fourth-order valence-corrected chi connectivity index (χ4v) is 3.94. The number of benzene rings is 1. The van der Waals surface area contributed by atoms with Gasteiger partial charge in [0.25, 0.3) is 5.91 Å². The molecule has 30 heavy (non-hydrogen) atoms. The predicted molar refractivity (Wildman–Crippen MR) is 106 cm³/mol. The van der Waals surface area contributed by atoms with Crippen molar-refractivity contribution < 1.29 is 18.5 Å². The smallest absolute Gasteiger partial charge is 0.289 e. The molecule has 1 aliphatic heterocycles. The van der Waals surface area contributed by atoms with Crippen LogP contribution in [0.4, 0.5) is 4.39 Å². The summed E-state index contributed by atoms with van der Waals surface area (Å²) in [6.07, 6.45) is 1.50. The van der Waals surface area contributed by atoms with Gasteiger partial charge in [-0.05, 0) is 55.5 Å². The van der Waals surface area contributed by atoms with Crippen LogP contribution in [0.25, 0.3) is 0 Å². The third-order valence-electron chi connectivity index (χ3n) is 5.44. The minimum absolute atomic E-state index is 0.124. The third kappa shape index (κ3) is 3.85. The Balaban J connectivity index is 1.63. The molecule has 0 bridgehead atoms. The van der Waals surface area contributed by atoms with E-state index in [1.54, 1.807) is 33.8 Å². The van der Waals surface area contributed by atoms with Crippen molar-refractivity contribution in [1.29, 1.82) is 0 Å². The summed E-state index contributed by atoms with van der Waals surface area (Å²) in [7, 11) is 0. The van der Waals surface area contributed by atoms with Crippen LogP contribution >= 0.6 is 0 Å².